The van der Waals surface area contributed by atoms with Crippen LogP contribution in [0.25, 0.3) is 11.0 Å². The van der Waals surface area contributed by atoms with Crippen molar-refractivity contribution in [2.45, 2.75) is 31.6 Å². The van der Waals surface area contributed by atoms with E-state index in [4.69, 9.17) is 4.98 Å². The maximum atomic E-state index is 12.7. The highest BCUT2D eigenvalue weighted by molar-refractivity contribution is 6.05. The van der Waals surface area contributed by atoms with Crippen molar-refractivity contribution >= 4 is 16.9 Å². The van der Waals surface area contributed by atoms with Crippen molar-refractivity contribution in [1.82, 2.24) is 19.7 Å². The van der Waals surface area contributed by atoms with Crippen molar-refractivity contribution in [3.05, 3.63) is 23.5 Å². The van der Waals surface area contributed by atoms with E-state index in [0.717, 1.165) is 48.2 Å². The minimum absolute atomic E-state index is 0.143. The van der Waals surface area contributed by atoms with Gasteiger partial charge in [0.1, 0.15) is 0 Å². The molecule has 0 radical (unpaired) electrons. The van der Waals surface area contributed by atoms with Crippen LogP contribution in [0, 0.1) is 0 Å². The van der Waals surface area contributed by atoms with E-state index in [2.05, 4.69) is 5.10 Å². The Bertz CT molecular complexity index is 680. The molecular formula is C15H18N4O. The fraction of sp³-hybridized carbons (Fsp3) is 0.533. The van der Waals surface area contributed by atoms with Crippen LogP contribution in [0.1, 0.15) is 47.7 Å². The zero-order valence-electron chi connectivity index (χ0n) is 11.7. The standard InChI is InChI=1S/C15H18N4O/c1-18-14-12(9-16-18)11(8-13(17-14)10-4-5-10)15(20)19-6-2-3-7-19/h8-10H,2-7H2,1H3. The minimum Gasteiger partial charge on any atom is -0.339 e. The van der Waals surface area contributed by atoms with Crippen molar-refractivity contribution in [3.8, 4) is 0 Å². The number of carbonyl (C=O) groups is 1. The number of nitrogens with zero attached hydrogens (tertiary/aromatic N) is 4. The number of hydrogen-bond acceptors (Lipinski definition) is 3. The first kappa shape index (κ1) is 11.9. The molecule has 0 N–H and O–H groups in total. The molecule has 1 aliphatic carbocycles. The van der Waals surface area contributed by atoms with Gasteiger partial charge in [0.05, 0.1) is 17.1 Å². The lowest BCUT2D eigenvalue weighted by molar-refractivity contribution is 0.0794. The number of rotatable bonds is 2. The number of pyridine rings is 1. The summed E-state index contributed by atoms with van der Waals surface area (Å²) in [7, 11) is 1.89. The lowest BCUT2D eigenvalue weighted by Crippen LogP contribution is -2.28. The van der Waals surface area contributed by atoms with Gasteiger partial charge in [0.25, 0.3) is 5.91 Å². The summed E-state index contributed by atoms with van der Waals surface area (Å²) in [6, 6.07) is 2.00. The molecule has 1 saturated carbocycles. The SMILES string of the molecule is Cn1ncc2c(C(=O)N3CCCC3)cc(C3CC3)nc21. The van der Waals surface area contributed by atoms with Gasteiger partial charge in [0, 0.05) is 31.7 Å². The second-order valence-electron chi connectivity index (χ2n) is 5.87. The van der Waals surface area contributed by atoms with Crippen LogP contribution < -0.4 is 0 Å². The fourth-order valence-corrected chi connectivity index (χ4v) is 2.99. The Kier molecular flexibility index (Phi) is 2.55. The van der Waals surface area contributed by atoms with Gasteiger partial charge in [-0.2, -0.15) is 5.10 Å². The molecule has 1 aliphatic heterocycles. The van der Waals surface area contributed by atoms with E-state index in [-0.39, 0.29) is 5.91 Å². The fourth-order valence-electron chi connectivity index (χ4n) is 2.99. The zero-order valence-corrected chi connectivity index (χ0v) is 11.7. The predicted octanol–water partition coefficient (Wildman–Crippen LogP) is 2.08. The lowest BCUT2D eigenvalue weighted by Gasteiger charge is -2.16. The topological polar surface area (TPSA) is 51.0 Å². The normalized spacial score (nSPS) is 18.9. The number of hydrogen-bond donors (Lipinski definition) is 0. The third-order valence-electron chi connectivity index (χ3n) is 4.34. The highest BCUT2D eigenvalue weighted by Crippen LogP contribution is 2.40. The molecule has 2 fully saturated rings. The summed E-state index contributed by atoms with van der Waals surface area (Å²) in [4.78, 5) is 19.4. The second-order valence-corrected chi connectivity index (χ2v) is 5.87. The molecule has 5 heteroatoms. The van der Waals surface area contributed by atoms with E-state index in [1.54, 1.807) is 10.9 Å². The van der Waals surface area contributed by atoms with Gasteiger partial charge in [-0.1, -0.05) is 0 Å². The van der Waals surface area contributed by atoms with Crippen LogP contribution in [0.5, 0.6) is 0 Å². The first-order valence-corrected chi connectivity index (χ1v) is 7.36. The average molecular weight is 270 g/mol. The Labute approximate surface area is 117 Å². The molecule has 4 rings (SSSR count). The molecule has 1 saturated heterocycles. The van der Waals surface area contributed by atoms with Crippen molar-refractivity contribution in [3.63, 3.8) is 0 Å². The molecule has 1 amide bonds. The molecular weight excluding hydrogens is 252 g/mol. The van der Waals surface area contributed by atoms with E-state index >= 15 is 0 Å². The van der Waals surface area contributed by atoms with Crippen LogP contribution in [0.3, 0.4) is 0 Å². The van der Waals surface area contributed by atoms with Crippen LogP contribution in [0.2, 0.25) is 0 Å². The van der Waals surface area contributed by atoms with Crippen molar-refractivity contribution in [2.24, 2.45) is 7.05 Å². The molecule has 0 bridgehead atoms. The number of amides is 1. The van der Waals surface area contributed by atoms with Crippen molar-refractivity contribution < 1.29 is 4.79 Å². The van der Waals surface area contributed by atoms with Gasteiger partial charge in [-0.05, 0) is 31.7 Å². The molecule has 0 unspecified atom stereocenters. The monoisotopic (exact) mass is 270 g/mol. The Morgan fingerprint density at radius 3 is 2.75 bits per heavy atom. The summed E-state index contributed by atoms with van der Waals surface area (Å²) in [6.45, 7) is 1.75. The van der Waals surface area contributed by atoms with Crippen LogP contribution in [-0.4, -0.2) is 38.7 Å². The van der Waals surface area contributed by atoms with Gasteiger partial charge < -0.3 is 4.90 Å². The van der Waals surface area contributed by atoms with E-state index in [1.807, 2.05) is 18.0 Å². The van der Waals surface area contributed by atoms with E-state index in [0.29, 0.717) is 5.92 Å². The number of fused-ring (bicyclic) bond motifs is 1. The predicted molar refractivity (Wildman–Crippen MR) is 75.6 cm³/mol. The Hall–Kier alpha value is -1.91. The summed E-state index contributed by atoms with van der Waals surface area (Å²) in [5, 5.41) is 5.15. The molecule has 0 atom stereocenters. The third-order valence-corrected chi connectivity index (χ3v) is 4.34. The molecule has 2 aliphatic rings. The van der Waals surface area contributed by atoms with Gasteiger partial charge in [-0.3, -0.25) is 9.48 Å². The maximum Gasteiger partial charge on any atom is 0.254 e. The summed E-state index contributed by atoms with van der Waals surface area (Å²) in [5.74, 6) is 0.684. The van der Waals surface area contributed by atoms with Crippen molar-refractivity contribution in [2.75, 3.05) is 13.1 Å². The Balaban J connectivity index is 1.85. The summed E-state index contributed by atoms with van der Waals surface area (Å²) < 4.78 is 1.77. The van der Waals surface area contributed by atoms with E-state index < -0.39 is 0 Å². The molecule has 2 aromatic heterocycles. The highest BCUT2D eigenvalue weighted by atomic mass is 16.2. The number of likely N-dealkylation sites (tertiary alicyclic amines) is 1. The van der Waals surface area contributed by atoms with Gasteiger partial charge >= 0.3 is 0 Å². The Morgan fingerprint density at radius 1 is 1.30 bits per heavy atom. The minimum atomic E-state index is 0.143. The smallest absolute Gasteiger partial charge is 0.254 e. The molecule has 20 heavy (non-hydrogen) atoms. The van der Waals surface area contributed by atoms with Gasteiger partial charge in [0.15, 0.2) is 5.65 Å². The molecule has 0 spiro atoms. The third kappa shape index (κ3) is 1.80. The largest absolute Gasteiger partial charge is 0.339 e. The average Bonchev–Trinajstić information content (AvgIpc) is 3.04. The molecule has 0 aromatic carbocycles. The zero-order chi connectivity index (χ0) is 13.7. The Morgan fingerprint density at radius 2 is 2.05 bits per heavy atom. The first-order chi connectivity index (χ1) is 9.74. The van der Waals surface area contributed by atoms with Gasteiger partial charge in [-0.25, -0.2) is 4.98 Å². The lowest BCUT2D eigenvalue weighted by atomic mass is 10.1. The number of carbonyl (C=O) groups excluding carboxylic acids is 1. The van der Waals surface area contributed by atoms with Gasteiger partial charge in [-0.15, -0.1) is 0 Å². The summed E-state index contributed by atoms with van der Waals surface area (Å²) >= 11 is 0. The maximum absolute atomic E-state index is 12.7. The van der Waals surface area contributed by atoms with Crippen LogP contribution in [0.15, 0.2) is 12.3 Å². The van der Waals surface area contributed by atoms with E-state index in [1.165, 1.54) is 12.8 Å². The number of aryl methyl sites for hydroxylation is 1. The quantitative estimate of drug-likeness (QED) is 0.839. The van der Waals surface area contributed by atoms with E-state index in [9.17, 15) is 4.79 Å². The molecule has 3 heterocycles. The highest BCUT2D eigenvalue weighted by Gasteiger charge is 2.29. The second kappa shape index (κ2) is 4.30. The van der Waals surface area contributed by atoms with Gasteiger partial charge in [0.2, 0.25) is 0 Å². The summed E-state index contributed by atoms with van der Waals surface area (Å²) in [5.41, 5.74) is 2.67. The van der Waals surface area contributed by atoms with Crippen LogP contribution >= 0.6 is 0 Å². The molecule has 5 nitrogen and oxygen atoms in total. The number of aromatic nitrogens is 3. The van der Waals surface area contributed by atoms with Crippen LogP contribution in [-0.2, 0) is 7.05 Å². The van der Waals surface area contributed by atoms with Crippen LogP contribution in [0.4, 0.5) is 0 Å². The first-order valence-electron chi connectivity index (χ1n) is 7.36. The van der Waals surface area contributed by atoms with Crippen molar-refractivity contribution in [1.29, 1.82) is 0 Å². The summed E-state index contributed by atoms with van der Waals surface area (Å²) in [6.07, 6.45) is 6.37. The molecule has 2 aromatic rings. The molecule has 104 valence electrons.